The lowest BCUT2D eigenvalue weighted by molar-refractivity contribution is 0.280. The van der Waals surface area contributed by atoms with Crippen LogP contribution in [0.25, 0.3) is 5.82 Å². The standard InChI is InChI=1S/C12H14ClN3O/c1-7-4-8(2)14-12(10(7)6-17)16-5-11(13)9(3)15-16/h4-5,17H,6H2,1-3H3. The van der Waals surface area contributed by atoms with Gasteiger partial charge in [0.25, 0.3) is 0 Å². The van der Waals surface area contributed by atoms with E-state index in [9.17, 15) is 5.11 Å². The zero-order chi connectivity index (χ0) is 12.6. The summed E-state index contributed by atoms with van der Waals surface area (Å²) in [5, 5.41) is 14.3. The molecule has 2 aromatic heterocycles. The number of rotatable bonds is 2. The van der Waals surface area contributed by atoms with E-state index in [1.54, 1.807) is 10.9 Å². The number of aryl methyl sites for hydroxylation is 3. The molecule has 17 heavy (non-hydrogen) atoms. The number of aliphatic hydroxyl groups excluding tert-OH is 1. The van der Waals surface area contributed by atoms with Crippen molar-refractivity contribution in [2.24, 2.45) is 0 Å². The molecule has 0 fully saturated rings. The van der Waals surface area contributed by atoms with Crippen LogP contribution in [0.2, 0.25) is 5.02 Å². The summed E-state index contributed by atoms with van der Waals surface area (Å²) >= 11 is 5.98. The van der Waals surface area contributed by atoms with Gasteiger partial charge in [-0.3, -0.25) is 0 Å². The predicted molar refractivity (Wildman–Crippen MR) is 66.5 cm³/mol. The Morgan fingerprint density at radius 1 is 1.35 bits per heavy atom. The summed E-state index contributed by atoms with van der Waals surface area (Å²) in [4.78, 5) is 4.41. The van der Waals surface area contributed by atoms with Crippen LogP contribution in [-0.4, -0.2) is 19.9 Å². The summed E-state index contributed by atoms with van der Waals surface area (Å²) in [7, 11) is 0. The normalized spacial score (nSPS) is 10.9. The minimum absolute atomic E-state index is 0.0645. The van der Waals surface area contributed by atoms with Gasteiger partial charge in [-0.2, -0.15) is 5.10 Å². The summed E-state index contributed by atoms with van der Waals surface area (Å²) in [6.07, 6.45) is 1.71. The Morgan fingerprint density at radius 2 is 2.06 bits per heavy atom. The van der Waals surface area contributed by atoms with E-state index in [0.717, 1.165) is 22.5 Å². The maximum atomic E-state index is 9.41. The number of halogens is 1. The molecule has 0 aliphatic carbocycles. The highest BCUT2D eigenvalue weighted by atomic mass is 35.5. The van der Waals surface area contributed by atoms with Crippen LogP contribution < -0.4 is 0 Å². The quantitative estimate of drug-likeness (QED) is 0.891. The SMILES string of the molecule is Cc1cc(C)c(CO)c(-n2cc(Cl)c(C)n2)n1. The monoisotopic (exact) mass is 251 g/mol. The van der Waals surface area contributed by atoms with Crippen LogP contribution in [0.5, 0.6) is 0 Å². The zero-order valence-electron chi connectivity index (χ0n) is 10.0. The van der Waals surface area contributed by atoms with Gasteiger partial charge in [0.2, 0.25) is 0 Å². The molecule has 0 bridgehead atoms. The molecule has 0 radical (unpaired) electrons. The Bertz CT molecular complexity index is 544. The first-order valence-electron chi connectivity index (χ1n) is 5.33. The second-order valence-corrected chi connectivity index (χ2v) is 4.46. The van der Waals surface area contributed by atoms with E-state index >= 15 is 0 Å². The second-order valence-electron chi connectivity index (χ2n) is 4.05. The fourth-order valence-electron chi connectivity index (χ4n) is 1.78. The molecule has 4 nitrogen and oxygen atoms in total. The maximum Gasteiger partial charge on any atom is 0.159 e. The third-order valence-corrected chi connectivity index (χ3v) is 3.04. The van der Waals surface area contributed by atoms with Crippen molar-refractivity contribution in [2.75, 3.05) is 0 Å². The number of nitrogens with zero attached hydrogens (tertiary/aromatic N) is 3. The number of hydrogen-bond acceptors (Lipinski definition) is 3. The van der Waals surface area contributed by atoms with Gasteiger partial charge in [-0.1, -0.05) is 11.6 Å². The van der Waals surface area contributed by atoms with Crippen LogP contribution in [0.4, 0.5) is 0 Å². The van der Waals surface area contributed by atoms with E-state index in [1.807, 2.05) is 26.8 Å². The van der Waals surface area contributed by atoms with Crippen molar-refractivity contribution >= 4 is 11.6 Å². The molecule has 0 aromatic carbocycles. The lowest BCUT2D eigenvalue weighted by Gasteiger charge is -2.10. The van der Waals surface area contributed by atoms with E-state index in [-0.39, 0.29) is 6.61 Å². The van der Waals surface area contributed by atoms with Crippen molar-refractivity contribution in [3.8, 4) is 5.82 Å². The van der Waals surface area contributed by atoms with Crippen molar-refractivity contribution in [1.29, 1.82) is 0 Å². The van der Waals surface area contributed by atoms with Gasteiger partial charge in [-0.15, -0.1) is 0 Å². The highest BCUT2D eigenvalue weighted by molar-refractivity contribution is 6.31. The molecule has 90 valence electrons. The minimum atomic E-state index is -0.0645. The summed E-state index contributed by atoms with van der Waals surface area (Å²) in [6, 6.07) is 1.94. The highest BCUT2D eigenvalue weighted by Gasteiger charge is 2.12. The van der Waals surface area contributed by atoms with Crippen LogP contribution in [-0.2, 0) is 6.61 Å². The molecule has 0 spiro atoms. The van der Waals surface area contributed by atoms with E-state index in [0.29, 0.717) is 10.8 Å². The Labute approximate surface area is 105 Å². The van der Waals surface area contributed by atoms with Gasteiger partial charge < -0.3 is 5.11 Å². The summed E-state index contributed by atoms with van der Waals surface area (Å²) < 4.78 is 1.61. The molecular weight excluding hydrogens is 238 g/mol. The Morgan fingerprint density at radius 3 is 2.59 bits per heavy atom. The van der Waals surface area contributed by atoms with E-state index in [1.165, 1.54) is 0 Å². The average Bonchev–Trinajstić information content (AvgIpc) is 2.58. The van der Waals surface area contributed by atoms with E-state index in [2.05, 4.69) is 10.1 Å². The molecule has 2 heterocycles. The molecule has 0 unspecified atom stereocenters. The van der Waals surface area contributed by atoms with Crippen LogP contribution in [0.3, 0.4) is 0 Å². The van der Waals surface area contributed by atoms with Gasteiger partial charge >= 0.3 is 0 Å². The van der Waals surface area contributed by atoms with Gasteiger partial charge in [0.15, 0.2) is 5.82 Å². The molecule has 5 heteroatoms. The first-order chi connectivity index (χ1) is 8.02. The Kier molecular flexibility index (Phi) is 3.17. The lowest BCUT2D eigenvalue weighted by atomic mass is 10.1. The van der Waals surface area contributed by atoms with Gasteiger partial charge in [-0.05, 0) is 32.4 Å². The van der Waals surface area contributed by atoms with Gasteiger partial charge in [-0.25, -0.2) is 9.67 Å². The van der Waals surface area contributed by atoms with E-state index in [4.69, 9.17) is 11.6 Å². The van der Waals surface area contributed by atoms with Crippen molar-refractivity contribution in [1.82, 2.24) is 14.8 Å². The van der Waals surface area contributed by atoms with Crippen molar-refractivity contribution in [3.05, 3.63) is 39.8 Å². The summed E-state index contributed by atoms with van der Waals surface area (Å²) in [6.45, 7) is 5.63. The first-order valence-corrected chi connectivity index (χ1v) is 5.71. The molecule has 0 saturated carbocycles. The average molecular weight is 252 g/mol. The van der Waals surface area contributed by atoms with Gasteiger partial charge in [0, 0.05) is 11.3 Å². The number of aromatic nitrogens is 3. The molecule has 0 atom stereocenters. The minimum Gasteiger partial charge on any atom is -0.392 e. The molecule has 2 rings (SSSR count). The summed E-state index contributed by atoms with van der Waals surface area (Å²) in [5.41, 5.74) is 3.41. The largest absolute Gasteiger partial charge is 0.392 e. The van der Waals surface area contributed by atoms with Crippen LogP contribution in [0.1, 0.15) is 22.5 Å². The van der Waals surface area contributed by atoms with Crippen molar-refractivity contribution in [3.63, 3.8) is 0 Å². The molecule has 1 N–H and O–H groups in total. The topological polar surface area (TPSA) is 50.9 Å². The molecule has 0 amide bonds. The van der Waals surface area contributed by atoms with E-state index < -0.39 is 0 Å². The fraction of sp³-hybridized carbons (Fsp3) is 0.333. The Hall–Kier alpha value is -1.39. The van der Waals surface area contributed by atoms with Crippen LogP contribution in [0.15, 0.2) is 12.3 Å². The van der Waals surface area contributed by atoms with Crippen molar-refractivity contribution < 1.29 is 5.11 Å². The Balaban J connectivity index is 2.65. The van der Waals surface area contributed by atoms with Gasteiger partial charge in [0.05, 0.1) is 23.5 Å². The zero-order valence-corrected chi connectivity index (χ0v) is 10.8. The third kappa shape index (κ3) is 2.18. The van der Waals surface area contributed by atoms with Gasteiger partial charge in [0.1, 0.15) is 0 Å². The molecule has 0 saturated heterocycles. The highest BCUT2D eigenvalue weighted by Crippen LogP contribution is 2.20. The smallest absolute Gasteiger partial charge is 0.159 e. The molecule has 0 aliphatic heterocycles. The number of hydrogen-bond donors (Lipinski definition) is 1. The first kappa shape index (κ1) is 12.1. The fourth-order valence-corrected chi connectivity index (χ4v) is 1.91. The second kappa shape index (κ2) is 4.47. The van der Waals surface area contributed by atoms with Crippen LogP contribution >= 0.6 is 11.6 Å². The number of pyridine rings is 1. The molecular formula is C12H14ClN3O. The van der Waals surface area contributed by atoms with Crippen molar-refractivity contribution in [2.45, 2.75) is 27.4 Å². The van der Waals surface area contributed by atoms with Crippen LogP contribution in [0, 0.1) is 20.8 Å². The molecule has 2 aromatic rings. The summed E-state index contributed by atoms with van der Waals surface area (Å²) in [5.74, 6) is 0.639. The third-order valence-electron chi connectivity index (χ3n) is 2.67. The number of aliphatic hydroxyl groups is 1. The maximum absolute atomic E-state index is 9.41. The lowest BCUT2D eigenvalue weighted by Crippen LogP contribution is -2.07. The predicted octanol–water partition coefficient (Wildman–Crippen LogP) is 2.34. The molecule has 0 aliphatic rings.